The fourth-order valence-electron chi connectivity index (χ4n) is 2.45. The second-order valence-electron chi connectivity index (χ2n) is 4.74. The fraction of sp³-hybridized carbons (Fsp3) is 0.909. The fourth-order valence-corrected chi connectivity index (χ4v) is 2.45. The zero-order chi connectivity index (χ0) is 10.9. The zero-order valence-electron chi connectivity index (χ0n) is 8.91. The van der Waals surface area contributed by atoms with Gasteiger partial charge in [0, 0.05) is 19.0 Å². The maximum atomic E-state index is 13.9. The van der Waals surface area contributed by atoms with E-state index in [9.17, 15) is 9.18 Å². The first-order valence-corrected chi connectivity index (χ1v) is 5.78. The van der Waals surface area contributed by atoms with Gasteiger partial charge >= 0.3 is 5.97 Å². The van der Waals surface area contributed by atoms with Gasteiger partial charge in [-0.05, 0) is 32.2 Å². The molecule has 0 spiro atoms. The molecule has 1 saturated carbocycles. The van der Waals surface area contributed by atoms with E-state index in [-0.39, 0.29) is 12.8 Å². The van der Waals surface area contributed by atoms with Crippen molar-refractivity contribution in [2.45, 2.75) is 50.2 Å². The molecule has 0 aromatic carbocycles. The molecule has 1 saturated heterocycles. The smallest absolute Gasteiger partial charge is 0.341 e. The Morgan fingerprint density at radius 2 is 2.00 bits per heavy atom. The van der Waals surface area contributed by atoms with Crippen molar-refractivity contribution < 1.29 is 14.3 Å². The lowest BCUT2D eigenvalue weighted by Crippen LogP contribution is -2.42. The maximum absolute atomic E-state index is 13.9. The standard InChI is InChI=1S/C11H18FNO2/c12-11(10(14)15)5-2-7-13(8-6-11)9-3-1-4-9/h9H,1-8H2,(H,14,15). The molecule has 0 aromatic rings. The van der Waals surface area contributed by atoms with E-state index in [1.54, 1.807) is 0 Å². The van der Waals surface area contributed by atoms with Gasteiger partial charge in [0.05, 0.1) is 0 Å². The second-order valence-corrected chi connectivity index (χ2v) is 4.74. The number of rotatable bonds is 2. The number of alkyl halides is 1. The summed E-state index contributed by atoms with van der Waals surface area (Å²) in [4.78, 5) is 13.1. The average Bonchev–Trinajstić information content (AvgIpc) is 2.27. The Kier molecular flexibility index (Phi) is 2.96. The lowest BCUT2D eigenvalue weighted by molar-refractivity contribution is -0.151. The maximum Gasteiger partial charge on any atom is 0.341 e. The van der Waals surface area contributed by atoms with Gasteiger partial charge in [-0.2, -0.15) is 0 Å². The molecule has 0 radical (unpaired) electrons. The molecule has 86 valence electrons. The number of nitrogens with zero attached hydrogens (tertiary/aromatic N) is 1. The molecule has 2 fully saturated rings. The Balaban J connectivity index is 1.93. The highest BCUT2D eigenvalue weighted by molar-refractivity contribution is 5.77. The Hall–Kier alpha value is -0.640. The van der Waals surface area contributed by atoms with Crippen LogP contribution in [-0.4, -0.2) is 40.8 Å². The first kappa shape index (κ1) is 10.9. The van der Waals surface area contributed by atoms with E-state index in [0.717, 1.165) is 6.54 Å². The number of carboxylic acids is 1. The highest BCUT2D eigenvalue weighted by Gasteiger charge is 2.41. The van der Waals surface area contributed by atoms with E-state index >= 15 is 0 Å². The van der Waals surface area contributed by atoms with Crippen LogP contribution in [0, 0.1) is 0 Å². The summed E-state index contributed by atoms with van der Waals surface area (Å²) in [7, 11) is 0. The van der Waals surface area contributed by atoms with Gasteiger partial charge in [-0.15, -0.1) is 0 Å². The lowest BCUT2D eigenvalue weighted by atomic mass is 9.91. The third kappa shape index (κ3) is 2.14. The normalized spacial score (nSPS) is 34.5. The van der Waals surface area contributed by atoms with Gasteiger partial charge in [-0.25, -0.2) is 9.18 Å². The highest BCUT2D eigenvalue weighted by atomic mass is 19.1. The number of carboxylic acid groups (broad SMARTS) is 1. The molecule has 15 heavy (non-hydrogen) atoms. The number of carbonyl (C=O) groups is 1. The molecule has 0 bridgehead atoms. The second kappa shape index (κ2) is 4.08. The van der Waals surface area contributed by atoms with Crippen LogP contribution in [-0.2, 0) is 4.79 Å². The third-order valence-electron chi connectivity index (χ3n) is 3.79. The van der Waals surface area contributed by atoms with Crippen LogP contribution < -0.4 is 0 Å². The van der Waals surface area contributed by atoms with E-state index in [0.29, 0.717) is 19.0 Å². The van der Waals surface area contributed by atoms with E-state index in [4.69, 9.17) is 5.11 Å². The molecule has 2 rings (SSSR count). The van der Waals surface area contributed by atoms with Crippen LogP contribution in [0.5, 0.6) is 0 Å². The molecule has 1 aliphatic heterocycles. The van der Waals surface area contributed by atoms with Gasteiger partial charge in [0.1, 0.15) is 0 Å². The first-order chi connectivity index (χ1) is 7.12. The van der Waals surface area contributed by atoms with Crippen molar-refractivity contribution in [3.63, 3.8) is 0 Å². The van der Waals surface area contributed by atoms with Crippen molar-refractivity contribution >= 4 is 5.97 Å². The molecule has 1 unspecified atom stereocenters. The molecule has 2 aliphatic rings. The van der Waals surface area contributed by atoms with Gasteiger partial charge < -0.3 is 10.0 Å². The van der Waals surface area contributed by atoms with Gasteiger partial charge in [-0.1, -0.05) is 6.42 Å². The van der Waals surface area contributed by atoms with E-state index in [1.165, 1.54) is 19.3 Å². The largest absolute Gasteiger partial charge is 0.479 e. The number of aliphatic carboxylic acids is 1. The number of likely N-dealkylation sites (tertiary alicyclic amines) is 1. The predicted molar refractivity (Wildman–Crippen MR) is 54.5 cm³/mol. The van der Waals surface area contributed by atoms with Crippen molar-refractivity contribution in [3.05, 3.63) is 0 Å². The van der Waals surface area contributed by atoms with Crippen molar-refractivity contribution in [1.29, 1.82) is 0 Å². The van der Waals surface area contributed by atoms with Gasteiger partial charge in [0.2, 0.25) is 5.67 Å². The SMILES string of the molecule is O=C(O)C1(F)CCCN(C2CCC2)CC1. The van der Waals surface area contributed by atoms with Crippen LogP contribution >= 0.6 is 0 Å². The molecule has 0 aromatic heterocycles. The Labute approximate surface area is 89.3 Å². The van der Waals surface area contributed by atoms with Gasteiger partial charge in [0.15, 0.2) is 0 Å². The molecule has 1 atom stereocenters. The minimum Gasteiger partial charge on any atom is -0.479 e. The Morgan fingerprint density at radius 3 is 2.53 bits per heavy atom. The molecule has 0 amide bonds. The van der Waals surface area contributed by atoms with Crippen LogP contribution in [0.4, 0.5) is 4.39 Å². The van der Waals surface area contributed by atoms with Crippen molar-refractivity contribution in [1.82, 2.24) is 4.90 Å². The van der Waals surface area contributed by atoms with E-state index in [1.807, 2.05) is 0 Å². The third-order valence-corrected chi connectivity index (χ3v) is 3.79. The summed E-state index contributed by atoms with van der Waals surface area (Å²) < 4.78 is 13.9. The molecule has 1 aliphatic carbocycles. The molecule has 3 nitrogen and oxygen atoms in total. The minimum absolute atomic E-state index is 0.152. The molecule has 4 heteroatoms. The minimum atomic E-state index is -1.97. The van der Waals surface area contributed by atoms with Crippen LogP contribution in [0.2, 0.25) is 0 Å². The van der Waals surface area contributed by atoms with Gasteiger partial charge in [0.25, 0.3) is 0 Å². The molecule has 1 heterocycles. The molecule has 1 N–H and O–H groups in total. The quantitative estimate of drug-likeness (QED) is 0.763. The summed E-state index contributed by atoms with van der Waals surface area (Å²) in [5.74, 6) is -1.28. The lowest BCUT2D eigenvalue weighted by Gasteiger charge is -2.36. The number of hydrogen-bond acceptors (Lipinski definition) is 2. The topological polar surface area (TPSA) is 40.5 Å². The monoisotopic (exact) mass is 215 g/mol. The van der Waals surface area contributed by atoms with Crippen molar-refractivity contribution in [3.8, 4) is 0 Å². The van der Waals surface area contributed by atoms with E-state index < -0.39 is 11.6 Å². The average molecular weight is 215 g/mol. The van der Waals surface area contributed by atoms with E-state index in [2.05, 4.69) is 4.90 Å². The summed E-state index contributed by atoms with van der Waals surface area (Å²) in [6.07, 6.45) is 4.66. The summed E-state index contributed by atoms with van der Waals surface area (Å²) in [6.45, 7) is 1.47. The predicted octanol–water partition coefficient (Wildman–Crippen LogP) is 1.82. The van der Waals surface area contributed by atoms with Crippen LogP contribution in [0.1, 0.15) is 38.5 Å². The summed E-state index contributed by atoms with van der Waals surface area (Å²) >= 11 is 0. The van der Waals surface area contributed by atoms with Crippen molar-refractivity contribution in [2.75, 3.05) is 13.1 Å². The van der Waals surface area contributed by atoms with Crippen LogP contribution in [0.3, 0.4) is 0 Å². The molecular formula is C11H18FNO2. The zero-order valence-corrected chi connectivity index (χ0v) is 8.91. The first-order valence-electron chi connectivity index (χ1n) is 5.78. The number of halogens is 1. The highest BCUT2D eigenvalue weighted by Crippen LogP contribution is 2.31. The Morgan fingerprint density at radius 1 is 1.27 bits per heavy atom. The summed E-state index contributed by atoms with van der Waals surface area (Å²) in [5.41, 5.74) is -1.97. The summed E-state index contributed by atoms with van der Waals surface area (Å²) in [6, 6.07) is 0.598. The van der Waals surface area contributed by atoms with Gasteiger partial charge in [-0.3, -0.25) is 0 Å². The van der Waals surface area contributed by atoms with Crippen molar-refractivity contribution in [2.24, 2.45) is 0 Å². The molecular weight excluding hydrogens is 197 g/mol. The van der Waals surface area contributed by atoms with Crippen LogP contribution in [0.15, 0.2) is 0 Å². The number of hydrogen-bond donors (Lipinski definition) is 1. The Bertz CT molecular complexity index is 255. The van der Waals surface area contributed by atoms with Crippen LogP contribution in [0.25, 0.3) is 0 Å². The summed E-state index contributed by atoms with van der Waals surface area (Å²) in [5, 5.41) is 8.83.